The van der Waals surface area contributed by atoms with Crippen LogP contribution in [-0.2, 0) is 7.05 Å². The molecule has 0 aliphatic rings. The third kappa shape index (κ3) is 2.85. The number of aromatic nitrogens is 3. The molecule has 6 heteroatoms. The zero-order valence-corrected chi connectivity index (χ0v) is 10.3. The van der Waals surface area contributed by atoms with Crippen LogP contribution in [0, 0.1) is 0 Å². The molecule has 2 aromatic rings. The second-order valence-electron chi connectivity index (χ2n) is 3.63. The highest BCUT2D eigenvalue weighted by Crippen LogP contribution is 2.13. The first-order valence-corrected chi connectivity index (χ1v) is 5.59. The number of benzene rings is 1. The van der Waals surface area contributed by atoms with E-state index < -0.39 is 0 Å². The lowest BCUT2D eigenvalue weighted by atomic mass is 10.2. The number of nitrogens with zero attached hydrogens (tertiary/aromatic N) is 3. The van der Waals surface area contributed by atoms with Gasteiger partial charge >= 0.3 is 0 Å². The lowest BCUT2D eigenvalue weighted by molar-refractivity contribution is 0.102. The predicted octanol–water partition coefficient (Wildman–Crippen LogP) is 1.47. The van der Waals surface area contributed by atoms with Crippen LogP contribution in [0.1, 0.15) is 17.3 Å². The summed E-state index contributed by atoms with van der Waals surface area (Å²) >= 11 is 0. The van der Waals surface area contributed by atoms with Gasteiger partial charge in [-0.1, -0.05) is 0 Å². The van der Waals surface area contributed by atoms with E-state index in [9.17, 15) is 4.79 Å². The van der Waals surface area contributed by atoms with Gasteiger partial charge in [0.15, 0.2) is 5.82 Å². The second-order valence-corrected chi connectivity index (χ2v) is 3.63. The van der Waals surface area contributed by atoms with Crippen LogP contribution in [0.15, 0.2) is 30.5 Å². The first kappa shape index (κ1) is 12.1. The monoisotopic (exact) mass is 246 g/mol. The Kier molecular flexibility index (Phi) is 3.57. The maximum Gasteiger partial charge on any atom is 0.256 e. The fourth-order valence-electron chi connectivity index (χ4n) is 1.46. The molecule has 0 radical (unpaired) electrons. The standard InChI is InChI=1S/C12H14N4O2/c1-3-18-10-6-4-9(5-7-10)12(17)14-11-8-13-16(2)15-11/h4-8H,3H2,1-2H3,(H,14,15,17). The molecule has 1 heterocycles. The average Bonchev–Trinajstić information content (AvgIpc) is 2.76. The van der Waals surface area contributed by atoms with E-state index in [-0.39, 0.29) is 5.91 Å². The quantitative estimate of drug-likeness (QED) is 0.886. The van der Waals surface area contributed by atoms with Crippen molar-refractivity contribution in [2.24, 2.45) is 7.05 Å². The number of ether oxygens (including phenoxy) is 1. The summed E-state index contributed by atoms with van der Waals surface area (Å²) in [6.07, 6.45) is 1.49. The van der Waals surface area contributed by atoms with Gasteiger partial charge in [0.1, 0.15) is 5.75 Å². The SMILES string of the molecule is CCOc1ccc(C(=O)Nc2cnn(C)n2)cc1. The van der Waals surface area contributed by atoms with Gasteiger partial charge in [0.2, 0.25) is 0 Å². The second kappa shape index (κ2) is 5.31. The van der Waals surface area contributed by atoms with E-state index in [1.54, 1.807) is 31.3 Å². The smallest absolute Gasteiger partial charge is 0.256 e. The van der Waals surface area contributed by atoms with E-state index in [4.69, 9.17) is 4.74 Å². The molecule has 2 rings (SSSR count). The number of hydrogen-bond acceptors (Lipinski definition) is 4. The Morgan fingerprint density at radius 1 is 1.39 bits per heavy atom. The highest BCUT2D eigenvalue weighted by Gasteiger charge is 2.08. The minimum Gasteiger partial charge on any atom is -0.494 e. The normalized spacial score (nSPS) is 10.1. The fourth-order valence-corrected chi connectivity index (χ4v) is 1.46. The molecule has 0 atom stereocenters. The Morgan fingerprint density at radius 3 is 2.67 bits per heavy atom. The van der Waals surface area contributed by atoms with Crippen LogP contribution in [0.3, 0.4) is 0 Å². The van der Waals surface area contributed by atoms with E-state index in [2.05, 4.69) is 15.5 Å². The van der Waals surface area contributed by atoms with Crippen LogP contribution >= 0.6 is 0 Å². The van der Waals surface area contributed by atoms with Crippen molar-refractivity contribution in [2.75, 3.05) is 11.9 Å². The Labute approximate surface area is 105 Å². The molecule has 0 aliphatic carbocycles. The number of aryl methyl sites for hydroxylation is 1. The summed E-state index contributed by atoms with van der Waals surface area (Å²) in [6.45, 7) is 2.51. The predicted molar refractivity (Wildman–Crippen MR) is 66.6 cm³/mol. The van der Waals surface area contributed by atoms with Crippen LogP contribution in [0.4, 0.5) is 5.82 Å². The van der Waals surface area contributed by atoms with Crippen LogP contribution < -0.4 is 10.1 Å². The van der Waals surface area contributed by atoms with Crippen molar-refractivity contribution < 1.29 is 9.53 Å². The highest BCUT2D eigenvalue weighted by atomic mass is 16.5. The molecular weight excluding hydrogens is 232 g/mol. The van der Waals surface area contributed by atoms with Crippen molar-refractivity contribution in [3.8, 4) is 5.75 Å². The molecular formula is C12H14N4O2. The summed E-state index contributed by atoms with van der Waals surface area (Å²) in [6, 6.07) is 6.93. The van der Waals surface area contributed by atoms with Gasteiger partial charge in [-0.2, -0.15) is 9.90 Å². The molecule has 0 fully saturated rings. The maximum absolute atomic E-state index is 11.9. The summed E-state index contributed by atoms with van der Waals surface area (Å²) in [4.78, 5) is 13.2. The van der Waals surface area contributed by atoms with Gasteiger partial charge < -0.3 is 10.1 Å². The maximum atomic E-state index is 11.9. The molecule has 0 saturated carbocycles. The average molecular weight is 246 g/mol. The van der Waals surface area contributed by atoms with Crippen molar-refractivity contribution in [3.63, 3.8) is 0 Å². The Bertz CT molecular complexity index is 533. The summed E-state index contributed by atoms with van der Waals surface area (Å²) in [5.41, 5.74) is 0.545. The van der Waals surface area contributed by atoms with E-state index in [1.807, 2.05) is 6.92 Å². The van der Waals surface area contributed by atoms with Crippen molar-refractivity contribution in [1.82, 2.24) is 15.0 Å². The number of hydrogen-bond donors (Lipinski definition) is 1. The number of amides is 1. The Balaban J connectivity index is 2.04. The largest absolute Gasteiger partial charge is 0.494 e. The summed E-state index contributed by atoms with van der Waals surface area (Å²) in [5.74, 6) is 0.948. The van der Waals surface area contributed by atoms with Crippen LogP contribution in [-0.4, -0.2) is 27.5 Å². The fraction of sp³-hybridized carbons (Fsp3) is 0.250. The molecule has 18 heavy (non-hydrogen) atoms. The molecule has 1 aromatic carbocycles. The van der Waals surface area contributed by atoms with E-state index in [1.165, 1.54) is 11.0 Å². The summed E-state index contributed by atoms with van der Waals surface area (Å²) in [7, 11) is 1.69. The molecule has 0 spiro atoms. The molecule has 94 valence electrons. The first-order chi connectivity index (χ1) is 8.69. The van der Waals surface area contributed by atoms with E-state index in [0.29, 0.717) is 18.0 Å². The topological polar surface area (TPSA) is 69.0 Å². The molecule has 1 N–H and O–H groups in total. The highest BCUT2D eigenvalue weighted by molar-refractivity contribution is 6.03. The lowest BCUT2D eigenvalue weighted by Crippen LogP contribution is -2.12. The van der Waals surface area contributed by atoms with Gasteiger partial charge in [-0.05, 0) is 31.2 Å². The molecule has 0 bridgehead atoms. The van der Waals surface area contributed by atoms with E-state index in [0.717, 1.165) is 5.75 Å². The van der Waals surface area contributed by atoms with Gasteiger partial charge in [-0.15, -0.1) is 5.10 Å². The Hall–Kier alpha value is -2.37. The molecule has 0 aliphatic heterocycles. The summed E-state index contributed by atoms with van der Waals surface area (Å²) < 4.78 is 5.30. The van der Waals surface area contributed by atoms with Crippen LogP contribution in [0.2, 0.25) is 0 Å². The van der Waals surface area contributed by atoms with Gasteiger partial charge in [-0.3, -0.25) is 4.79 Å². The minimum absolute atomic E-state index is 0.224. The summed E-state index contributed by atoms with van der Waals surface area (Å²) in [5, 5.41) is 10.5. The number of nitrogens with one attached hydrogen (secondary N) is 1. The minimum atomic E-state index is -0.224. The first-order valence-electron chi connectivity index (χ1n) is 5.59. The van der Waals surface area contributed by atoms with Gasteiger partial charge in [0.05, 0.1) is 12.8 Å². The number of carbonyl (C=O) groups is 1. The number of carbonyl (C=O) groups excluding carboxylic acids is 1. The van der Waals surface area contributed by atoms with Crippen molar-refractivity contribution in [3.05, 3.63) is 36.0 Å². The number of rotatable bonds is 4. The zero-order valence-electron chi connectivity index (χ0n) is 10.3. The van der Waals surface area contributed by atoms with Crippen LogP contribution in [0.25, 0.3) is 0 Å². The van der Waals surface area contributed by atoms with Gasteiger partial charge in [-0.25, -0.2) is 0 Å². The lowest BCUT2D eigenvalue weighted by Gasteiger charge is -2.04. The van der Waals surface area contributed by atoms with Crippen LogP contribution in [0.5, 0.6) is 5.75 Å². The molecule has 0 saturated heterocycles. The molecule has 6 nitrogen and oxygen atoms in total. The van der Waals surface area contributed by atoms with Crippen molar-refractivity contribution >= 4 is 11.7 Å². The molecule has 0 unspecified atom stereocenters. The molecule has 1 amide bonds. The van der Waals surface area contributed by atoms with E-state index >= 15 is 0 Å². The Morgan fingerprint density at radius 2 is 2.11 bits per heavy atom. The third-order valence-corrected chi connectivity index (χ3v) is 2.27. The third-order valence-electron chi connectivity index (χ3n) is 2.27. The van der Waals surface area contributed by atoms with Crippen molar-refractivity contribution in [1.29, 1.82) is 0 Å². The van der Waals surface area contributed by atoms with Gasteiger partial charge in [0, 0.05) is 12.6 Å². The number of anilines is 1. The van der Waals surface area contributed by atoms with Gasteiger partial charge in [0.25, 0.3) is 5.91 Å². The zero-order chi connectivity index (χ0) is 13.0. The van der Waals surface area contributed by atoms with Crippen molar-refractivity contribution in [2.45, 2.75) is 6.92 Å². The molecule has 1 aromatic heterocycles.